The Kier molecular flexibility index (Phi) is 10.4. The van der Waals surface area contributed by atoms with Crippen molar-refractivity contribution in [2.75, 3.05) is 37.1 Å². The van der Waals surface area contributed by atoms with Gasteiger partial charge in [0.15, 0.2) is 0 Å². The number of rotatable bonds is 12. The smallest absolute Gasteiger partial charge is 0.138 e. The van der Waals surface area contributed by atoms with Gasteiger partial charge in [-0.25, -0.2) is 0 Å². The molecule has 0 amide bonds. The van der Waals surface area contributed by atoms with Gasteiger partial charge >= 0.3 is 0 Å². The molecule has 0 atom stereocenters. The molecule has 1 radical (unpaired) electrons. The van der Waals surface area contributed by atoms with E-state index in [1.165, 1.54) is 39.4 Å². The molecule has 0 spiro atoms. The lowest BCUT2D eigenvalue weighted by atomic mass is 9.91. The number of para-hydroxylation sites is 2. The van der Waals surface area contributed by atoms with Crippen LogP contribution in [0.3, 0.4) is 0 Å². The molecule has 5 rings (SSSR count). The molecule has 0 saturated heterocycles. The van der Waals surface area contributed by atoms with Crippen molar-refractivity contribution in [1.82, 2.24) is 0 Å². The quantitative estimate of drug-likeness (QED) is 0.140. The van der Waals surface area contributed by atoms with Gasteiger partial charge in [-0.2, -0.15) is 0 Å². The van der Waals surface area contributed by atoms with E-state index in [-0.39, 0.29) is 0 Å². The fraction of sp³-hybridized carbons (Fsp3) is 0.286. The second kappa shape index (κ2) is 14.6. The maximum absolute atomic E-state index is 6.21. The first kappa shape index (κ1) is 32.7. The van der Waals surface area contributed by atoms with Crippen molar-refractivity contribution in [3.05, 3.63) is 119 Å². The van der Waals surface area contributed by atoms with E-state index in [0.29, 0.717) is 5.75 Å². The zero-order valence-corrected chi connectivity index (χ0v) is 28.7. The summed E-state index contributed by atoms with van der Waals surface area (Å²) in [5.74, 6) is 1.46. The van der Waals surface area contributed by atoms with Gasteiger partial charge in [-0.05, 0) is 116 Å². The predicted octanol–water partition coefficient (Wildman–Crippen LogP) is 10.9. The van der Waals surface area contributed by atoms with E-state index in [9.17, 15) is 0 Å². The third-order valence-corrected chi connectivity index (χ3v) is 9.02. The third-order valence-electron chi connectivity index (χ3n) is 9.02. The highest BCUT2D eigenvalue weighted by Gasteiger charge is 2.22. The van der Waals surface area contributed by atoms with Crippen LogP contribution in [0.2, 0.25) is 0 Å². The summed E-state index contributed by atoms with van der Waals surface area (Å²) < 4.78 is 12.1. The Morgan fingerprint density at radius 2 is 1.09 bits per heavy atom. The van der Waals surface area contributed by atoms with E-state index >= 15 is 0 Å². The molecule has 4 nitrogen and oxygen atoms in total. The monoisotopic (exact) mass is 611 g/mol. The van der Waals surface area contributed by atoms with Gasteiger partial charge in [0.25, 0.3) is 0 Å². The van der Waals surface area contributed by atoms with Crippen molar-refractivity contribution in [3.8, 4) is 33.8 Å². The third kappa shape index (κ3) is 6.22. The molecular formula is C42H47N2O2. The van der Waals surface area contributed by atoms with Crippen LogP contribution in [0.4, 0.5) is 22.7 Å². The molecule has 0 aliphatic rings. The van der Waals surface area contributed by atoms with E-state index in [1.807, 2.05) is 6.07 Å². The molecule has 5 aromatic rings. The molecule has 0 aliphatic heterocycles. The second-order valence-electron chi connectivity index (χ2n) is 11.6. The number of ether oxygens (including phenoxy) is 2. The Hall–Kier alpha value is -4.70. The fourth-order valence-corrected chi connectivity index (χ4v) is 6.68. The molecule has 0 bridgehead atoms. The van der Waals surface area contributed by atoms with Crippen LogP contribution in [-0.4, -0.2) is 27.3 Å². The molecule has 4 heteroatoms. The van der Waals surface area contributed by atoms with Crippen LogP contribution in [0.5, 0.6) is 11.5 Å². The number of nitrogens with zero attached hydrogens (tertiary/aromatic N) is 2. The summed E-state index contributed by atoms with van der Waals surface area (Å²) in [5.41, 5.74) is 14.0. The second-order valence-corrected chi connectivity index (χ2v) is 11.6. The van der Waals surface area contributed by atoms with Gasteiger partial charge in [0.2, 0.25) is 0 Å². The lowest BCUT2D eigenvalue weighted by Gasteiger charge is -2.27. The molecule has 0 fully saturated rings. The first-order valence-corrected chi connectivity index (χ1v) is 16.5. The van der Waals surface area contributed by atoms with E-state index in [2.05, 4.69) is 142 Å². The molecule has 0 heterocycles. The van der Waals surface area contributed by atoms with Crippen molar-refractivity contribution in [2.45, 2.75) is 54.4 Å². The van der Waals surface area contributed by atoms with Crippen LogP contribution in [0.15, 0.2) is 91.0 Å². The number of methoxy groups -OCH3 is 2. The van der Waals surface area contributed by atoms with Gasteiger partial charge in [-0.15, -0.1) is 0 Å². The maximum Gasteiger partial charge on any atom is 0.138 e. The van der Waals surface area contributed by atoms with Crippen molar-refractivity contribution in [1.29, 1.82) is 0 Å². The Morgan fingerprint density at radius 1 is 0.587 bits per heavy atom. The first-order valence-electron chi connectivity index (χ1n) is 16.5. The minimum atomic E-state index is 0.669. The summed E-state index contributed by atoms with van der Waals surface area (Å²) in [4.78, 5) is 4.78. The molecule has 0 unspecified atom stereocenters. The molecule has 5 aromatic carbocycles. The average Bonchev–Trinajstić information content (AvgIpc) is 3.09. The van der Waals surface area contributed by atoms with Gasteiger partial charge in [-0.1, -0.05) is 62.4 Å². The van der Waals surface area contributed by atoms with Crippen molar-refractivity contribution in [3.63, 3.8) is 0 Å². The fourth-order valence-electron chi connectivity index (χ4n) is 6.68. The maximum atomic E-state index is 6.21. The van der Waals surface area contributed by atoms with E-state index in [0.717, 1.165) is 59.5 Å². The Labute approximate surface area is 276 Å². The Bertz CT molecular complexity index is 1810. The molecule has 0 aromatic heterocycles. The highest BCUT2D eigenvalue weighted by atomic mass is 16.5. The average molecular weight is 612 g/mol. The molecule has 0 aliphatic carbocycles. The van der Waals surface area contributed by atoms with Crippen molar-refractivity contribution in [2.24, 2.45) is 0 Å². The van der Waals surface area contributed by atoms with Crippen LogP contribution >= 0.6 is 0 Å². The highest BCUT2D eigenvalue weighted by Crippen LogP contribution is 2.47. The summed E-state index contributed by atoms with van der Waals surface area (Å²) in [6.07, 6.45) is 1.98. The van der Waals surface area contributed by atoms with Crippen LogP contribution < -0.4 is 19.3 Å². The lowest BCUT2D eigenvalue weighted by Crippen LogP contribution is -2.17. The SMILES string of the molecule is CCc1ccccc1N(CC)c1ccc(-c2c[c]c(OC)c(-c3ccc(N(CC)c4ccccc4CC)cc3C)c2OC)c(C)c1. The number of hydrogen-bond acceptors (Lipinski definition) is 4. The Morgan fingerprint density at radius 3 is 1.52 bits per heavy atom. The topological polar surface area (TPSA) is 24.9 Å². The normalized spacial score (nSPS) is 11.0. The summed E-state index contributed by atoms with van der Waals surface area (Å²) in [7, 11) is 3.45. The Balaban J connectivity index is 1.58. The molecule has 46 heavy (non-hydrogen) atoms. The standard InChI is InChI=1S/C42H47N2O2/c1-9-31-17-13-15-19-38(31)43(11-3)33-21-23-35(29(5)27-33)37-25-26-40(45-7)41(42(37)46-8)36-24-22-34(28-30(36)6)44(12-4)39-20-16-14-18-32(39)10-2/h13-25,27-28H,9-12H2,1-8H3. The summed E-state index contributed by atoms with van der Waals surface area (Å²) in [6, 6.07) is 36.2. The summed E-state index contributed by atoms with van der Waals surface area (Å²) >= 11 is 0. The number of hydrogen-bond donors (Lipinski definition) is 0. The largest absolute Gasteiger partial charge is 0.495 e. The lowest BCUT2D eigenvalue weighted by molar-refractivity contribution is 0.398. The molecular weight excluding hydrogens is 564 g/mol. The van der Waals surface area contributed by atoms with Crippen LogP contribution in [0.25, 0.3) is 22.3 Å². The van der Waals surface area contributed by atoms with Gasteiger partial charge in [0.1, 0.15) is 11.5 Å². The minimum absolute atomic E-state index is 0.669. The number of anilines is 4. The van der Waals surface area contributed by atoms with E-state index in [4.69, 9.17) is 9.47 Å². The predicted molar refractivity (Wildman–Crippen MR) is 196 cm³/mol. The first-order chi connectivity index (χ1) is 22.4. The minimum Gasteiger partial charge on any atom is -0.495 e. The highest BCUT2D eigenvalue weighted by molar-refractivity contribution is 5.89. The van der Waals surface area contributed by atoms with E-state index < -0.39 is 0 Å². The van der Waals surface area contributed by atoms with Gasteiger partial charge in [-0.3, -0.25) is 0 Å². The molecule has 0 N–H and O–H groups in total. The van der Waals surface area contributed by atoms with Crippen LogP contribution in [0.1, 0.15) is 49.9 Å². The molecule has 0 saturated carbocycles. The zero-order valence-electron chi connectivity index (χ0n) is 28.7. The zero-order chi connectivity index (χ0) is 32.8. The van der Waals surface area contributed by atoms with E-state index in [1.54, 1.807) is 14.2 Å². The summed E-state index contributed by atoms with van der Waals surface area (Å²) in [6.45, 7) is 14.9. The summed E-state index contributed by atoms with van der Waals surface area (Å²) in [5, 5.41) is 0. The number of benzene rings is 5. The van der Waals surface area contributed by atoms with Crippen LogP contribution in [0, 0.1) is 19.9 Å². The molecule has 237 valence electrons. The number of aryl methyl sites for hydroxylation is 4. The van der Waals surface area contributed by atoms with Crippen molar-refractivity contribution >= 4 is 22.7 Å². The van der Waals surface area contributed by atoms with Gasteiger partial charge in [0, 0.05) is 47.5 Å². The van der Waals surface area contributed by atoms with Gasteiger partial charge < -0.3 is 19.3 Å². The van der Waals surface area contributed by atoms with Crippen molar-refractivity contribution < 1.29 is 9.47 Å². The van der Waals surface area contributed by atoms with Gasteiger partial charge in [0.05, 0.1) is 19.8 Å². The van der Waals surface area contributed by atoms with Crippen LogP contribution in [-0.2, 0) is 12.8 Å².